The number of carbonyl (C=O) groups excluding carboxylic acids is 1. The number of nitrogens with one attached hydrogen (secondary N) is 1. The number of amides is 1. The number of hydrogen-bond donors (Lipinski definition) is 1. The van der Waals surface area contributed by atoms with E-state index in [1.165, 1.54) is 38.5 Å². The fraction of sp³-hybridized carbons (Fsp3) is 0.500. The number of nitrogens with zero attached hydrogens (tertiary/aromatic N) is 2. The van der Waals surface area contributed by atoms with Crippen LogP contribution in [0.25, 0.3) is 22.2 Å². The maximum atomic E-state index is 13.5. The average Bonchev–Trinajstić information content (AvgIpc) is 3.16. The van der Waals surface area contributed by atoms with Crippen molar-refractivity contribution in [1.29, 1.82) is 0 Å². The Morgan fingerprint density at radius 1 is 1.03 bits per heavy atom. The monoisotopic (exact) mass is 461 g/mol. The molecular weight excluding hydrogens is 430 g/mol. The summed E-state index contributed by atoms with van der Waals surface area (Å²) in [6, 6.07) is 15.7. The molecule has 3 aromatic rings. The molecule has 4 saturated carbocycles. The van der Waals surface area contributed by atoms with Gasteiger partial charge in [-0.15, -0.1) is 0 Å². The highest BCUT2D eigenvalue weighted by atomic mass is 35.5. The van der Waals surface area contributed by atoms with E-state index in [0.29, 0.717) is 10.4 Å². The molecule has 0 spiro atoms. The van der Waals surface area contributed by atoms with Gasteiger partial charge in [-0.25, -0.2) is 0 Å². The Labute approximate surface area is 200 Å². The normalized spacial score (nSPS) is 29.8. The standard InChI is InChI=1S/C28H32ClN3O/c1-17(27(33)30-18(2)28-14-19-10-20(15-28)12-21(11-19)16-28)32-25-9-8-23(29)13-24(25)26(31-32)22-6-4-3-5-7-22/h3-9,13,17-21H,10-12,14-16H2,1-2H3,(H,30,33). The lowest BCUT2D eigenvalue weighted by molar-refractivity contribution is -0.128. The van der Waals surface area contributed by atoms with Gasteiger partial charge in [0.1, 0.15) is 11.7 Å². The first-order chi connectivity index (χ1) is 15.9. The molecule has 7 rings (SSSR count). The van der Waals surface area contributed by atoms with Gasteiger partial charge in [-0.1, -0.05) is 41.9 Å². The molecular formula is C28H32ClN3O. The van der Waals surface area contributed by atoms with Crippen LogP contribution in [0.4, 0.5) is 0 Å². The lowest BCUT2D eigenvalue weighted by atomic mass is 9.48. The van der Waals surface area contributed by atoms with E-state index in [1.54, 1.807) is 0 Å². The van der Waals surface area contributed by atoms with Crippen molar-refractivity contribution in [3.63, 3.8) is 0 Å². The third-order valence-corrected chi connectivity index (χ3v) is 9.06. The molecule has 1 N–H and O–H groups in total. The lowest BCUT2D eigenvalue weighted by Crippen LogP contribution is -2.56. The molecule has 1 aromatic heterocycles. The van der Waals surface area contributed by atoms with Gasteiger partial charge in [0.05, 0.1) is 5.52 Å². The molecule has 1 amide bonds. The van der Waals surface area contributed by atoms with Gasteiger partial charge in [0.25, 0.3) is 0 Å². The third-order valence-electron chi connectivity index (χ3n) is 8.82. The van der Waals surface area contributed by atoms with Crippen LogP contribution in [0.3, 0.4) is 0 Å². The van der Waals surface area contributed by atoms with E-state index in [0.717, 1.165) is 39.9 Å². The summed E-state index contributed by atoms with van der Waals surface area (Å²) in [6.45, 7) is 4.20. The summed E-state index contributed by atoms with van der Waals surface area (Å²) < 4.78 is 1.87. The van der Waals surface area contributed by atoms with E-state index >= 15 is 0 Å². The Morgan fingerprint density at radius 3 is 2.30 bits per heavy atom. The van der Waals surface area contributed by atoms with Gasteiger partial charge >= 0.3 is 0 Å². The van der Waals surface area contributed by atoms with Crippen molar-refractivity contribution in [2.24, 2.45) is 23.2 Å². The van der Waals surface area contributed by atoms with Gasteiger partial charge in [-0.3, -0.25) is 9.48 Å². The first-order valence-electron chi connectivity index (χ1n) is 12.5. The molecule has 4 fully saturated rings. The summed E-state index contributed by atoms with van der Waals surface area (Å²) in [4.78, 5) is 13.5. The van der Waals surface area contributed by atoms with Crippen LogP contribution in [0.2, 0.25) is 5.02 Å². The summed E-state index contributed by atoms with van der Waals surface area (Å²) in [7, 11) is 0. The average molecular weight is 462 g/mol. The van der Waals surface area contributed by atoms with E-state index in [2.05, 4.69) is 12.2 Å². The van der Waals surface area contributed by atoms with Crippen molar-refractivity contribution < 1.29 is 4.79 Å². The summed E-state index contributed by atoms with van der Waals surface area (Å²) in [5.74, 6) is 2.68. The van der Waals surface area contributed by atoms with Crippen molar-refractivity contribution >= 4 is 28.4 Å². The highest BCUT2D eigenvalue weighted by Crippen LogP contribution is 2.61. The highest BCUT2D eigenvalue weighted by molar-refractivity contribution is 6.31. The molecule has 4 bridgehead atoms. The van der Waals surface area contributed by atoms with Crippen molar-refractivity contribution in [3.8, 4) is 11.3 Å². The molecule has 4 aliphatic carbocycles. The quantitative estimate of drug-likeness (QED) is 0.463. The molecule has 4 aliphatic rings. The summed E-state index contributed by atoms with van der Waals surface area (Å²) >= 11 is 6.33. The van der Waals surface area contributed by atoms with Crippen LogP contribution in [-0.2, 0) is 4.79 Å². The number of rotatable bonds is 5. The Bertz CT molecular complexity index is 1170. The SMILES string of the molecule is CC(C(=O)NC(C)C12CC3CC(CC(C3)C1)C2)n1nc(-c2ccccc2)c2cc(Cl)ccc21. The molecule has 0 radical (unpaired) electrons. The maximum Gasteiger partial charge on any atom is 0.244 e. The van der Waals surface area contributed by atoms with Crippen LogP contribution in [0.15, 0.2) is 48.5 Å². The van der Waals surface area contributed by atoms with E-state index < -0.39 is 6.04 Å². The second-order valence-corrected chi connectivity index (χ2v) is 11.4. The van der Waals surface area contributed by atoms with Crippen molar-refractivity contribution in [1.82, 2.24) is 15.1 Å². The van der Waals surface area contributed by atoms with Gasteiger partial charge in [-0.05, 0) is 93.7 Å². The third kappa shape index (κ3) is 3.58. The lowest BCUT2D eigenvalue weighted by Gasteiger charge is -2.59. The minimum absolute atomic E-state index is 0.0530. The van der Waals surface area contributed by atoms with Gasteiger partial charge < -0.3 is 5.32 Å². The number of fused-ring (bicyclic) bond motifs is 1. The van der Waals surface area contributed by atoms with Crippen LogP contribution in [0.1, 0.15) is 58.4 Å². The number of carbonyl (C=O) groups is 1. The largest absolute Gasteiger partial charge is 0.351 e. The zero-order chi connectivity index (χ0) is 22.7. The fourth-order valence-corrected chi connectivity index (χ4v) is 7.70. The Hall–Kier alpha value is -2.33. The topological polar surface area (TPSA) is 46.9 Å². The number of halogens is 1. The van der Waals surface area contributed by atoms with E-state index in [-0.39, 0.29) is 11.9 Å². The first-order valence-corrected chi connectivity index (χ1v) is 12.8. The second-order valence-electron chi connectivity index (χ2n) is 11.0. The second kappa shape index (κ2) is 7.87. The maximum absolute atomic E-state index is 13.5. The van der Waals surface area contributed by atoms with Crippen LogP contribution in [0, 0.1) is 23.2 Å². The molecule has 4 nitrogen and oxygen atoms in total. The van der Waals surface area contributed by atoms with E-state index in [4.69, 9.17) is 16.7 Å². The van der Waals surface area contributed by atoms with Crippen molar-refractivity contribution in [2.75, 3.05) is 0 Å². The zero-order valence-electron chi connectivity index (χ0n) is 19.4. The van der Waals surface area contributed by atoms with E-state index in [1.807, 2.05) is 60.1 Å². The van der Waals surface area contributed by atoms with Crippen molar-refractivity contribution in [2.45, 2.75) is 64.5 Å². The molecule has 2 atom stereocenters. The summed E-state index contributed by atoms with van der Waals surface area (Å²) in [5, 5.41) is 10.0. The molecule has 2 unspecified atom stereocenters. The number of benzene rings is 2. The minimum atomic E-state index is -0.400. The number of aromatic nitrogens is 2. The highest BCUT2D eigenvalue weighted by Gasteiger charge is 2.53. The molecule has 172 valence electrons. The Kier molecular flexibility index (Phi) is 5.06. The number of hydrogen-bond acceptors (Lipinski definition) is 2. The van der Waals surface area contributed by atoms with Crippen LogP contribution in [0.5, 0.6) is 0 Å². The zero-order valence-corrected chi connectivity index (χ0v) is 20.2. The van der Waals surface area contributed by atoms with Crippen LogP contribution in [-0.4, -0.2) is 21.7 Å². The molecule has 0 aliphatic heterocycles. The van der Waals surface area contributed by atoms with Gasteiger partial charge in [0, 0.05) is 22.0 Å². The van der Waals surface area contributed by atoms with Gasteiger partial charge in [0.2, 0.25) is 5.91 Å². The minimum Gasteiger partial charge on any atom is -0.351 e. The van der Waals surface area contributed by atoms with Gasteiger partial charge in [-0.2, -0.15) is 5.10 Å². The molecule has 5 heteroatoms. The fourth-order valence-electron chi connectivity index (χ4n) is 7.52. The molecule has 2 aromatic carbocycles. The predicted octanol–water partition coefficient (Wildman–Crippen LogP) is 6.64. The van der Waals surface area contributed by atoms with Crippen LogP contribution < -0.4 is 5.32 Å². The van der Waals surface area contributed by atoms with E-state index in [9.17, 15) is 4.79 Å². The molecule has 1 heterocycles. The molecule has 33 heavy (non-hydrogen) atoms. The van der Waals surface area contributed by atoms with Gasteiger partial charge in [0.15, 0.2) is 0 Å². The Morgan fingerprint density at radius 2 is 1.67 bits per heavy atom. The predicted molar refractivity (Wildman–Crippen MR) is 133 cm³/mol. The first kappa shape index (κ1) is 21.2. The smallest absolute Gasteiger partial charge is 0.244 e. The summed E-state index contributed by atoms with van der Waals surface area (Å²) in [5.41, 5.74) is 3.11. The Balaban J connectivity index is 1.29. The van der Waals surface area contributed by atoms with Crippen molar-refractivity contribution in [3.05, 3.63) is 53.6 Å². The van der Waals surface area contributed by atoms with Crippen LogP contribution >= 0.6 is 11.6 Å². The molecule has 0 saturated heterocycles. The summed E-state index contributed by atoms with van der Waals surface area (Å²) in [6.07, 6.45) is 8.11.